The normalized spacial score (nSPS) is 10.5. The third-order valence-corrected chi connectivity index (χ3v) is 6.29. The van der Waals surface area contributed by atoms with Crippen molar-refractivity contribution in [3.8, 4) is 34.4 Å². The Morgan fingerprint density at radius 1 is 0.667 bits per heavy atom. The summed E-state index contributed by atoms with van der Waals surface area (Å²) < 4.78 is 16.7. The van der Waals surface area contributed by atoms with Gasteiger partial charge in [0.2, 0.25) is 0 Å². The van der Waals surface area contributed by atoms with Gasteiger partial charge in [-0.05, 0) is 66.1 Å². The maximum absolute atomic E-state index is 12.5. The zero-order valence-corrected chi connectivity index (χ0v) is 22.7. The van der Waals surface area contributed by atoms with Crippen LogP contribution in [0.15, 0.2) is 72.8 Å². The molecule has 0 aliphatic rings. The summed E-state index contributed by atoms with van der Waals surface area (Å²) in [6.45, 7) is 2.81. The van der Waals surface area contributed by atoms with Crippen LogP contribution in [0.3, 0.4) is 0 Å². The average molecular weight is 528 g/mol. The highest BCUT2D eigenvalue weighted by Crippen LogP contribution is 2.25. The second-order valence-electron chi connectivity index (χ2n) is 9.45. The van der Waals surface area contributed by atoms with Gasteiger partial charge in [0, 0.05) is 0 Å². The van der Waals surface area contributed by atoms with Crippen molar-refractivity contribution < 1.29 is 23.8 Å². The first-order chi connectivity index (χ1) is 19.1. The van der Waals surface area contributed by atoms with Gasteiger partial charge in [-0.3, -0.25) is 4.79 Å². The molecule has 0 saturated carbocycles. The number of nitriles is 1. The smallest absolute Gasteiger partial charge is 0.343 e. The number of hydrogen-bond acceptors (Lipinski definition) is 6. The molecule has 3 rings (SSSR count). The lowest BCUT2D eigenvalue weighted by molar-refractivity contribution is -0.120. The molecule has 0 saturated heterocycles. The van der Waals surface area contributed by atoms with Crippen molar-refractivity contribution in [2.45, 2.75) is 64.7 Å². The molecule has 0 N–H and O–H groups in total. The zero-order valence-electron chi connectivity index (χ0n) is 22.7. The van der Waals surface area contributed by atoms with Crippen molar-refractivity contribution in [1.29, 1.82) is 5.26 Å². The summed E-state index contributed by atoms with van der Waals surface area (Å²) in [5.74, 6) is 0.955. The van der Waals surface area contributed by atoms with Crippen LogP contribution in [-0.2, 0) is 4.79 Å². The van der Waals surface area contributed by atoms with Gasteiger partial charge in [0.05, 0.1) is 24.7 Å². The van der Waals surface area contributed by atoms with E-state index in [1.54, 1.807) is 42.5 Å². The van der Waals surface area contributed by atoms with Gasteiger partial charge in [0.1, 0.15) is 23.9 Å². The lowest BCUT2D eigenvalue weighted by Gasteiger charge is -2.09. The van der Waals surface area contributed by atoms with Gasteiger partial charge < -0.3 is 14.2 Å². The van der Waals surface area contributed by atoms with Gasteiger partial charge >= 0.3 is 5.97 Å². The number of nitrogens with zero attached hydrogens (tertiary/aromatic N) is 1. The first kappa shape index (κ1) is 29.4. The van der Waals surface area contributed by atoms with Gasteiger partial charge in [-0.25, -0.2) is 4.79 Å². The molecule has 0 bridgehead atoms. The van der Waals surface area contributed by atoms with Gasteiger partial charge in [-0.15, -0.1) is 0 Å². The zero-order chi connectivity index (χ0) is 27.7. The first-order valence-corrected chi connectivity index (χ1v) is 13.8. The minimum atomic E-state index is -0.493. The first-order valence-electron chi connectivity index (χ1n) is 13.8. The van der Waals surface area contributed by atoms with Crippen molar-refractivity contribution in [2.24, 2.45) is 0 Å². The van der Waals surface area contributed by atoms with Crippen molar-refractivity contribution in [3.63, 3.8) is 0 Å². The molecule has 204 valence electrons. The molecule has 0 heterocycles. The van der Waals surface area contributed by atoms with Crippen LogP contribution in [0.25, 0.3) is 11.1 Å². The van der Waals surface area contributed by atoms with Crippen LogP contribution in [-0.4, -0.2) is 25.0 Å². The predicted molar refractivity (Wildman–Crippen MR) is 152 cm³/mol. The molecule has 0 aliphatic carbocycles. The summed E-state index contributed by atoms with van der Waals surface area (Å²) >= 11 is 0. The molecule has 0 aliphatic heterocycles. The van der Waals surface area contributed by atoms with Crippen LogP contribution in [0.4, 0.5) is 0 Å². The summed E-state index contributed by atoms with van der Waals surface area (Å²) in [5.41, 5.74) is 2.42. The molecule has 0 atom stereocenters. The molecular formula is C33H37NO5. The third kappa shape index (κ3) is 10.6. The fraction of sp³-hybridized carbons (Fsp3) is 0.364. The van der Waals surface area contributed by atoms with Gasteiger partial charge in [0.25, 0.3) is 0 Å². The molecule has 3 aromatic carbocycles. The van der Waals surface area contributed by atoms with E-state index in [0.29, 0.717) is 17.1 Å². The summed E-state index contributed by atoms with van der Waals surface area (Å²) in [6.07, 6.45) is 10.1. The van der Waals surface area contributed by atoms with Crippen LogP contribution in [0, 0.1) is 11.3 Å². The monoisotopic (exact) mass is 527 g/mol. The molecule has 0 radical (unpaired) electrons. The predicted octanol–water partition coefficient (Wildman–Crippen LogP) is 7.95. The van der Waals surface area contributed by atoms with Crippen molar-refractivity contribution in [2.75, 3.05) is 13.2 Å². The Bertz CT molecular complexity index is 1190. The van der Waals surface area contributed by atoms with E-state index < -0.39 is 5.97 Å². The fourth-order valence-electron chi connectivity index (χ4n) is 4.04. The van der Waals surface area contributed by atoms with E-state index in [2.05, 4.69) is 6.92 Å². The highest BCUT2D eigenvalue weighted by Gasteiger charge is 2.10. The van der Waals surface area contributed by atoms with Crippen LogP contribution in [0.2, 0.25) is 0 Å². The topological polar surface area (TPSA) is 85.6 Å². The van der Waals surface area contributed by atoms with E-state index in [9.17, 15) is 9.59 Å². The molecule has 0 spiro atoms. The maximum atomic E-state index is 12.5. The van der Waals surface area contributed by atoms with E-state index in [-0.39, 0.29) is 18.8 Å². The molecular weight excluding hydrogens is 490 g/mol. The SMILES string of the molecule is CCCCCCCCCCOc1ccc(-c2ccc(OC(=O)c3ccc(OCC(=O)CC#N)cc3)cc2)cc1. The van der Waals surface area contributed by atoms with E-state index in [1.807, 2.05) is 36.4 Å². The minimum absolute atomic E-state index is 0.182. The summed E-state index contributed by atoms with van der Waals surface area (Å²) in [5, 5.41) is 8.52. The van der Waals surface area contributed by atoms with Crippen molar-refractivity contribution in [1.82, 2.24) is 0 Å². The van der Waals surface area contributed by atoms with Gasteiger partial charge in [0.15, 0.2) is 5.78 Å². The van der Waals surface area contributed by atoms with Crippen LogP contribution >= 0.6 is 0 Å². The Kier molecular flexibility index (Phi) is 12.6. The Labute approximate surface area is 231 Å². The molecule has 0 aromatic heterocycles. The lowest BCUT2D eigenvalue weighted by Crippen LogP contribution is -2.11. The molecule has 0 amide bonds. The Balaban J connectivity index is 1.41. The van der Waals surface area contributed by atoms with Gasteiger partial charge in [-0.2, -0.15) is 5.26 Å². The number of rotatable bonds is 17. The number of Topliss-reactive ketones (excluding diaryl/α,β-unsaturated/α-hetero) is 1. The number of unbranched alkanes of at least 4 members (excludes halogenated alkanes) is 7. The largest absolute Gasteiger partial charge is 0.494 e. The average Bonchev–Trinajstić information content (AvgIpc) is 2.96. The fourth-order valence-corrected chi connectivity index (χ4v) is 4.04. The number of hydrogen-bond donors (Lipinski definition) is 0. The highest BCUT2D eigenvalue weighted by molar-refractivity contribution is 5.91. The van der Waals surface area contributed by atoms with Crippen molar-refractivity contribution in [3.05, 3.63) is 78.4 Å². The Hall–Kier alpha value is -4.11. The summed E-state index contributed by atoms with van der Waals surface area (Å²) in [6, 6.07) is 23.5. The molecule has 6 nitrogen and oxygen atoms in total. The number of benzene rings is 3. The maximum Gasteiger partial charge on any atom is 0.343 e. The van der Waals surface area contributed by atoms with E-state index in [1.165, 1.54) is 44.9 Å². The number of ether oxygens (including phenoxy) is 3. The Morgan fingerprint density at radius 2 is 1.18 bits per heavy atom. The number of carbonyl (C=O) groups is 2. The molecule has 39 heavy (non-hydrogen) atoms. The number of esters is 1. The standard InChI is InChI=1S/C33H37NO5/c1-2-3-4-5-6-7-8-9-24-37-30-16-10-26(11-17-30)27-12-20-32(21-13-27)39-33(36)28-14-18-31(19-15-28)38-25-29(35)22-23-34/h10-21H,2-9,22,24-25H2,1H3. The quantitative estimate of drug-likeness (QED) is 0.101. The molecule has 0 fully saturated rings. The van der Waals surface area contributed by atoms with Crippen LogP contribution in [0.5, 0.6) is 17.2 Å². The van der Waals surface area contributed by atoms with E-state index in [0.717, 1.165) is 29.9 Å². The van der Waals surface area contributed by atoms with Crippen molar-refractivity contribution >= 4 is 11.8 Å². The summed E-state index contributed by atoms with van der Waals surface area (Å²) in [4.78, 5) is 23.9. The minimum Gasteiger partial charge on any atom is -0.494 e. The number of ketones is 1. The molecule has 6 heteroatoms. The second-order valence-corrected chi connectivity index (χ2v) is 9.45. The lowest BCUT2D eigenvalue weighted by atomic mass is 10.1. The highest BCUT2D eigenvalue weighted by atomic mass is 16.5. The molecule has 3 aromatic rings. The molecule has 0 unspecified atom stereocenters. The Morgan fingerprint density at radius 3 is 1.77 bits per heavy atom. The summed E-state index contributed by atoms with van der Waals surface area (Å²) in [7, 11) is 0. The number of carbonyl (C=O) groups excluding carboxylic acids is 2. The van der Waals surface area contributed by atoms with E-state index in [4.69, 9.17) is 19.5 Å². The second kappa shape index (κ2) is 16.7. The van der Waals surface area contributed by atoms with E-state index >= 15 is 0 Å². The van der Waals surface area contributed by atoms with Gasteiger partial charge in [-0.1, -0.05) is 76.1 Å². The third-order valence-electron chi connectivity index (χ3n) is 6.29. The van der Waals surface area contributed by atoms with Crippen LogP contribution in [0.1, 0.15) is 75.1 Å². The van der Waals surface area contributed by atoms with Crippen LogP contribution < -0.4 is 14.2 Å².